The van der Waals surface area contributed by atoms with Crippen molar-refractivity contribution in [2.24, 2.45) is 0 Å². The predicted octanol–water partition coefficient (Wildman–Crippen LogP) is 3.35. The first-order valence-electron chi connectivity index (χ1n) is 9.97. The summed E-state index contributed by atoms with van der Waals surface area (Å²) in [6.45, 7) is 0.618. The lowest BCUT2D eigenvalue weighted by atomic mass is 10.1. The Morgan fingerprint density at radius 3 is 2.62 bits per heavy atom. The maximum atomic E-state index is 13.5. The van der Waals surface area contributed by atoms with Crippen LogP contribution in [0.1, 0.15) is 43.8 Å². The Morgan fingerprint density at radius 1 is 1.10 bits per heavy atom. The fourth-order valence-electron chi connectivity index (χ4n) is 3.53. The van der Waals surface area contributed by atoms with Gasteiger partial charge in [0.1, 0.15) is 5.82 Å². The average molecular weight is 392 g/mol. The van der Waals surface area contributed by atoms with E-state index >= 15 is 0 Å². The molecule has 0 atom stereocenters. The van der Waals surface area contributed by atoms with Crippen LogP contribution in [0.25, 0.3) is 16.6 Å². The molecule has 0 aliphatic heterocycles. The van der Waals surface area contributed by atoms with Crippen LogP contribution in [0.4, 0.5) is 5.69 Å². The summed E-state index contributed by atoms with van der Waals surface area (Å²) in [5.74, 6) is 0.778. The number of hydrogen-bond acceptors (Lipinski definition) is 5. The lowest BCUT2D eigenvalue weighted by Gasteiger charge is -2.15. The molecule has 3 N–H and O–H groups in total. The number of carbonyl (C=O) groups excluding carboxylic acids is 1. The van der Waals surface area contributed by atoms with Gasteiger partial charge in [0.15, 0.2) is 0 Å². The molecule has 1 amide bonds. The highest BCUT2D eigenvalue weighted by atomic mass is 16.5. The summed E-state index contributed by atoms with van der Waals surface area (Å²) in [4.78, 5) is 29.5. The Hall–Kier alpha value is -3.19. The van der Waals surface area contributed by atoms with Crippen molar-refractivity contribution >= 4 is 22.5 Å². The Labute approximate surface area is 168 Å². The lowest BCUT2D eigenvalue weighted by Crippen LogP contribution is -2.24. The van der Waals surface area contributed by atoms with Gasteiger partial charge in [-0.3, -0.25) is 19.4 Å². The van der Waals surface area contributed by atoms with Crippen LogP contribution in [-0.2, 0) is 4.79 Å². The molecular formula is C22H24N4O3. The second-order valence-electron chi connectivity index (χ2n) is 7.34. The molecule has 7 heteroatoms. The van der Waals surface area contributed by atoms with Crippen molar-refractivity contribution in [3.63, 3.8) is 0 Å². The van der Waals surface area contributed by atoms with Crippen molar-refractivity contribution in [1.82, 2.24) is 15.0 Å². The van der Waals surface area contributed by atoms with E-state index in [0.717, 1.165) is 36.5 Å². The van der Waals surface area contributed by atoms with E-state index < -0.39 is 5.91 Å². The van der Waals surface area contributed by atoms with E-state index in [0.29, 0.717) is 29.8 Å². The number of amides is 1. The van der Waals surface area contributed by atoms with E-state index in [-0.39, 0.29) is 12.0 Å². The van der Waals surface area contributed by atoms with Crippen LogP contribution < -0.4 is 16.4 Å². The molecule has 1 aliphatic carbocycles. The topological polar surface area (TPSA) is 96.2 Å². The number of nitrogens with zero attached hydrogens (tertiary/aromatic N) is 2. The van der Waals surface area contributed by atoms with Gasteiger partial charge in [-0.05, 0) is 49.9 Å². The lowest BCUT2D eigenvalue weighted by molar-refractivity contribution is -0.129. The fraction of sp³-hybridized carbons (Fsp3) is 0.318. The number of hydrogen-bond donors (Lipinski definition) is 3. The van der Waals surface area contributed by atoms with Crippen LogP contribution in [0.15, 0.2) is 53.3 Å². The molecule has 1 heterocycles. The number of nitrogens with one attached hydrogen (secondary N) is 2. The van der Waals surface area contributed by atoms with Crippen LogP contribution in [0.5, 0.6) is 0 Å². The van der Waals surface area contributed by atoms with Gasteiger partial charge < -0.3 is 5.32 Å². The van der Waals surface area contributed by atoms with Gasteiger partial charge in [-0.2, -0.15) is 0 Å². The van der Waals surface area contributed by atoms with Gasteiger partial charge >= 0.3 is 0 Å². The minimum absolute atomic E-state index is 0.0640. The van der Waals surface area contributed by atoms with Gasteiger partial charge in [-0.15, -0.1) is 0 Å². The molecule has 150 valence electrons. The Balaban J connectivity index is 1.66. The number of fused-ring (bicyclic) bond motifs is 1. The van der Waals surface area contributed by atoms with Gasteiger partial charge in [0, 0.05) is 24.6 Å². The third kappa shape index (κ3) is 4.14. The SMILES string of the molecule is O=C(CCCCNc1cccc2nc(C3CC3)n(-c3ccccc3)c(=O)c12)NO. The molecule has 0 saturated heterocycles. The third-order valence-corrected chi connectivity index (χ3v) is 5.15. The molecule has 29 heavy (non-hydrogen) atoms. The minimum Gasteiger partial charge on any atom is -0.384 e. The molecule has 7 nitrogen and oxygen atoms in total. The molecule has 0 bridgehead atoms. The monoisotopic (exact) mass is 392 g/mol. The number of benzene rings is 2. The van der Waals surface area contributed by atoms with Gasteiger partial charge in [-0.1, -0.05) is 24.3 Å². The number of para-hydroxylation sites is 1. The van der Waals surface area contributed by atoms with E-state index in [1.807, 2.05) is 48.5 Å². The van der Waals surface area contributed by atoms with Gasteiger partial charge in [0.25, 0.3) is 5.56 Å². The van der Waals surface area contributed by atoms with Crippen LogP contribution in [0.2, 0.25) is 0 Å². The van der Waals surface area contributed by atoms with Crippen molar-refractivity contribution < 1.29 is 10.0 Å². The summed E-state index contributed by atoms with van der Waals surface area (Å²) in [5, 5.41) is 12.4. The van der Waals surface area contributed by atoms with Crippen molar-refractivity contribution in [2.45, 2.75) is 38.0 Å². The number of rotatable bonds is 8. The number of hydroxylamine groups is 1. The zero-order valence-corrected chi connectivity index (χ0v) is 16.1. The molecule has 0 spiro atoms. The predicted molar refractivity (Wildman–Crippen MR) is 112 cm³/mol. The zero-order valence-electron chi connectivity index (χ0n) is 16.1. The summed E-state index contributed by atoms with van der Waals surface area (Å²) >= 11 is 0. The first-order chi connectivity index (χ1) is 14.2. The second-order valence-corrected chi connectivity index (χ2v) is 7.34. The fourth-order valence-corrected chi connectivity index (χ4v) is 3.53. The number of anilines is 1. The van der Waals surface area contributed by atoms with Gasteiger partial charge in [-0.25, -0.2) is 10.5 Å². The number of unbranched alkanes of at least 4 members (excludes halogenated alkanes) is 1. The zero-order chi connectivity index (χ0) is 20.2. The molecule has 1 aromatic heterocycles. The standard InChI is InChI=1S/C22H24N4O3/c27-19(25-29)11-4-5-14-23-17-9-6-10-18-20(17)22(28)26(16-7-2-1-3-8-16)21(24-18)15-12-13-15/h1-3,6-10,15,23,29H,4-5,11-14H2,(H,25,27). The van der Waals surface area contributed by atoms with Crippen molar-refractivity contribution in [3.8, 4) is 5.69 Å². The van der Waals surface area contributed by atoms with Crippen molar-refractivity contribution in [2.75, 3.05) is 11.9 Å². The highest BCUT2D eigenvalue weighted by molar-refractivity contribution is 5.91. The van der Waals surface area contributed by atoms with Crippen LogP contribution in [0, 0.1) is 0 Å². The Bertz CT molecular complexity index is 1070. The van der Waals surface area contributed by atoms with E-state index in [2.05, 4.69) is 5.32 Å². The van der Waals surface area contributed by atoms with Crippen molar-refractivity contribution in [3.05, 3.63) is 64.7 Å². The maximum Gasteiger partial charge on any atom is 0.268 e. The quantitative estimate of drug-likeness (QED) is 0.310. The first kappa shape index (κ1) is 19.1. The number of aromatic nitrogens is 2. The van der Waals surface area contributed by atoms with E-state index in [1.165, 1.54) is 0 Å². The number of carbonyl (C=O) groups is 1. The normalized spacial score (nSPS) is 13.4. The first-order valence-corrected chi connectivity index (χ1v) is 9.97. The molecule has 0 radical (unpaired) electrons. The van der Waals surface area contributed by atoms with E-state index in [4.69, 9.17) is 10.2 Å². The highest BCUT2D eigenvalue weighted by Crippen LogP contribution is 2.40. The smallest absolute Gasteiger partial charge is 0.268 e. The molecule has 1 saturated carbocycles. The van der Waals surface area contributed by atoms with E-state index in [9.17, 15) is 9.59 Å². The van der Waals surface area contributed by atoms with Crippen LogP contribution in [0.3, 0.4) is 0 Å². The summed E-state index contributed by atoms with van der Waals surface area (Å²) in [7, 11) is 0. The summed E-state index contributed by atoms with van der Waals surface area (Å²) < 4.78 is 1.75. The summed E-state index contributed by atoms with van der Waals surface area (Å²) in [6.07, 6.45) is 3.77. The maximum absolute atomic E-state index is 13.5. The van der Waals surface area contributed by atoms with Gasteiger partial charge in [0.2, 0.25) is 5.91 Å². The molecule has 1 fully saturated rings. The minimum atomic E-state index is -0.391. The van der Waals surface area contributed by atoms with Crippen LogP contribution >= 0.6 is 0 Å². The molecule has 0 unspecified atom stereocenters. The van der Waals surface area contributed by atoms with Crippen molar-refractivity contribution in [1.29, 1.82) is 0 Å². The third-order valence-electron chi connectivity index (χ3n) is 5.15. The molecule has 4 rings (SSSR count). The average Bonchev–Trinajstić information content (AvgIpc) is 3.59. The highest BCUT2D eigenvalue weighted by Gasteiger charge is 2.30. The van der Waals surface area contributed by atoms with Crippen LogP contribution in [-0.4, -0.2) is 27.2 Å². The molecule has 2 aromatic carbocycles. The van der Waals surface area contributed by atoms with Gasteiger partial charge in [0.05, 0.1) is 16.6 Å². The molecule has 1 aliphatic rings. The second kappa shape index (κ2) is 8.45. The summed E-state index contributed by atoms with van der Waals surface area (Å²) in [5.41, 5.74) is 3.85. The summed E-state index contributed by atoms with van der Waals surface area (Å²) in [6, 6.07) is 15.3. The Morgan fingerprint density at radius 2 is 1.90 bits per heavy atom. The largest absolute Gasteiger partial charge is 0.384 e. The van der Waals surface area contributed by atoms with E-state index in [1.54, 1.807) is 10.0 Å². The Kier molecular flexibility index (Phi) is 5.57. The molecular weight excluding hydrogens is 368 g/mol. The molecule has 3 aromatic rings.